The Kier molecular flexibility index (Phi) is 4.65. The van der Waals surface area contributed by atoms with Gasteiger partial charge >= 0.3 is 0 Å². The van der Waals surface area contributed by atoms with E-state index in [0.717, 1.165) is 23.6 Å². The summed E-state index contributed by atoms with van der Waals surface area (Å²) in [6, 6.07) is 23.0. The molecule has 4 aromatic rings. The molecule has 3 heterocycles. The first-order valence-electron chi connectivity index (χ1n) is 11.0. The van der Waals surface area contributed by atoms with Gasteiger partial charge in [-0.15, -0.1) is 10.2 Å². The van der Waals surface area contributed by atoms with Crippen LogP contribution in [0, 0.1) is 5.92 Å². The van der Waals surface area contributed by atoms with E-state index in [1.807, 2.05) is 35.2 Å². The summed E-state index contributed by atoms with van der Waals surface area (Å²) >= 11 is 0. The fraction of sp³-hybridized carbons (Fsp3) is 0.148. The molecule has 2 aromatic carbocycles. The molecule has 0 saturated heterocycles. The van der Waals surface area contributed by atoms with E-state index in [2.05, 4.69) is 80.8 Å². The van der Waals surface area contributed by atoms with Gasteiger partial charge in [-0.25, -0.2) is 0 Å². The molecule has 0 bridgehead atoms. The fourth-order valence-electron chi connectivity index (χ4n) is 4.34. The molecule has 32 heavy (non-hydrogen) atoms. The van der Waals surface area contributed by atoms with Crippen molar-refractivity contribution in [1.82, 2.24) is 19.7 Å². The lowest BCUT2D eigenvalue weighted by molar-refractivity contribution is 0.874. The molecular weight excluding hydrogens is 394 g/mol. The zero-order valence-electron chi connectivity index (χ0n) is 17.7. The first kappa shape index (κ1) is 18.8. The Balaban J connectivity index is 1.38. The molecule has 0 N–H and O–H groups in total. The van der Waals surface area contributed by atoms with E-state index < -0.39 is 0 Å². The van der Waals surface area contributed by atoms with E-state index in [0.29, 0.717) is 5.92 Å². The number of aromatic nitrogens is 4. The molecule has 0 unspecified atom stereocenters. The van der Waals surface area contributed by atoms with Crippen LogP contribution < -0.4 is 4.90 Å². The lowest BCUT2D eigenvalue weighted by atomic mass is 10.0. The largest absolute Gasteiger partial charge is 0.340 e. The molecular formula is C27H23N5. The lowest BCUT2D eigenvalue weighted by Gasteiger charge is -2.32. The Bertz CT molecular complexity index is 1300. The van der Waals surface area contributed by atoms with E-state index in [-0.39, 0.29) is 0 Å². The number of anilines is 1. The third kappa shape index (κ3) is 3.52. The summed E-state index contributed by atoms with van der Waals surface area (Å²) in [5.74, 6) is 1.50. The van der Waals surface area contributed by atoms with Gasteiger partial charge in [0.05, 0.1) is 0 Å². The van der Waals surface area contributed by atoms with E-state index in [1.165, 1.54) is 35.4 Å². The van der Waals surface area contributed by atoms with E-state index in [1.54, 1.807) is 6.33 Å². The van der Waals surface area contributed by atoms with Gasteiger partial charge in [0, 0.05) is 41.6 Å². The zero-order chi connectivity index (χ0) is 21.3. The van der Waals surface area contributed by atoms with E-state index in [9.17, 15) is 0 Å². The summed E-state index contributed by atoms with van der Waals surface area (Å²) in [6.07, 6.45) is 12.6. The quantitative estimate of drug-likeness (QED) is 0.429. The number of nitrogens with zero attached hydrogens (tertiary/aromatic N) is 5. The van der Waals surface area contributed by atoms with Crippen LogP contribution in [0.3, 0.4) is 0 Å². The maximum absolute atomic E-state index is 4.44. The van der Waals surface area contributed by atoms with Gasteiger partial charge in [0.15, 0.2) is 5.82 Å². The molecule has 5 nitrogen and oxygen atoms in total. The van der Waals surface area contributed by atoms with Crippen molar-refractivity contribution in [1.29, 1.82) is 0 Å². The van der Waals surface area contributed by atoms with Crippen molar-refractivity contribution in [3.8, 4) is 17.1 Å². The fourth-order valence-corrected chi connectivity index (χ4v) is 4.34. The second-order valence-corrected chi connectivity index (χ2v) is 8.29. The highest BCUT2D eigenvalue weighted by atomic mass is 15.3. The van der Waals surface area contributed by atoms with Gasteiger partial charge in [-0.1, -0.05) is 36.4 Å². The summed E-state index contributed by atoms with van der Waals surface area (Å²) in [5.41, 5.74) is 7.22. The summed E-state index contributed by atoms with van der Waals surface area (Å²) in [7, 11) is 0. The highest BCUT2D eigenvalue weighted by Gasteiger charge is 2.32. The molecule has 2 aromatic heterocycles. The zero-order valence-corrected chi connectivity index (χ0v) is 17.7. The standard InChI is InChI=1S/C27H23N5/c1-2-6-24(7-3-1)32-19-29-30-27(32)22-5-4-8-25(17-22)31-18-23(20-13-15-28-16-14-20)11-12-26(31)21-9-10-21/h1-8,11-17,19,21H,9-10,18H2. The van der Waals surface area contributed by atoms with Crippen LogP contribution in [0.15, 0.2) is 103 Å². The molecule has 1 fully saturated rings. The number of allylic oxidation sites excluding steroid dienone is 3. The van der Waals surface area contributed by atoms with Gasteiger partial charge < -0.3 is 4.90 Å². The Morgan fingerprint density at radius 2 is 1.59 bits per heavy atom. The average Bonchev–Trinajstić information content (AvgIpc) is 3.60. The van der Waals surface area contributed by atoms with Crippen LogP contribution in [0.1, 0.15) is 18.4 Å². The predicted molar refractivity (Wildman–Crippen MR) is 127 cm³/mol. The Hall–Kier alpha value is -3.99. The molecule has 0 spiro atoms. The minimum atomic E-state index is 0.655. The Labute approximate surface area is 187 Å². The highest BCUT2D eigenvalue weighted by molar-refractivity contribution is 5.77. The van der Waals surface area contributed by atoms with Crippen LogP contribution >= 0.6 is 0 Å². The van der Waals surface area contributed by atoms with Crippen molar-refractivity contribution < 1.29 is 0 Å². The van der Waals surface area contributed by atoms with Crippen LogP contribution in [-0.2, 0) is 0 Å². The van der Waals surface area contributed by atoms with Gasteiger partial charge in [0.25, 0.3) is 0 Å². The van der Waals surface area contributed by atoms with Crippen molar-refractivity contribution >= 4 is 11.3 Å². The number of rotatable bonds is 5. The van der Waals surface area contributed by atoms with Gasteiger partial charge in [0.1, 0.15) is 6.33 Å². The molecule has 1 aliphatic carbocycles. The molecule has 0 amide bonds. The number of para-hydroxylation sites is 1. The topological polar surface area (TPSA) is 46.8 Å². The molecule has 2 aliphatic rings. The smallest absolute Gasteiger partial charge is 0.168 e. The van der Waals surface area contributed by atoms with Crippen LogP contribution in [0.4, 0.5) is 5.69 Å². The van der Waals surface area contributed by atoms with E-state index >= 15 is 0 Å². The summed E-state index contributed by atoms with van der Waals surface area (Å²) in [4.78, 5) is 6.63. The lowest BCUT2D eigenvalue weighted by Crippen LogP contribution is -2.28. The maximum atomic E-state index is 4.44. The van der Waals surface area contributed by atoms with Crippen LogP contribution in [-0.4, -0.2) is 26.3 Å². The minimum absolute atomic E-state index is 0.655. The molecule has 0 radical (unpaired) electrons. The van der Waals surface area contributed by atoms with Crippen LogP contribution in [0.25, 0.3) is 22.6 Å². The third-order valence-electron chi connectivity index (χ3n) is 6.14. The van der Waals surface area contributed by atoms with Gasteiger partial charge in [-0.2, -0.15) is 0 Å². The van der Waals surface area contributed by atoms with Crippen LogP contribution in [0.2, 0.25) is 0 Å². The number of hydrogen-bond donors (Lipinski definition) is 0. The van der Waals surface area contributed by atoms with Gasteiger partial charge in [0.2, 0.25) is 0 Å². The van der Waals surface area contributed by atoms with Crippen molar-refractivity contribution in [2.75, 3.05) is 11.4 Å². The highest BCUT2D eigenvalue weighted by Crippen LogP contribution is 2.43. The third-order valence-corrected chi connectivity index (χ3v) is 6.14. The molecule has 5 heteroatoms. The maximum Gasteiger partial charge on any atom is 0.168 e. The monoisotopic (exact) mass is 417 g/mol. The Morgan fingerprint density at radius 1 is 0.781 bits per heavy atom. The summed E-state index contributed by atoms with van der Waals surface area (Å²) < 4.78 is 2.04. The minimum Gasteiger partial charge on any atom is -0.340 e. The molecule has 156 valence electrons. The van der Waals surface area contributed by atoms with Crippen molar-refractivity contribution in [2.45, 2.75) is 12.8 Å². The number of benzene rings is 2. The van der Waals surface area contributed by atoms with Crippen LogP contribution in [0.5, 0.6) is 0 Å². The number of hydrogen-bond acceptors (Lipinski definition) is 4. The van der Waals surface area contributed by atoms with Crippen molar-refractivity contribution in [3.05, 3.63) is 109 Å². The average molecular weight is 418 g/mol. The molecule has 0 atom stereocenters. The molecule has 6 rings (SSSR count). The van der Waals surface area contributed by atoms with E-state index in [4.69, 9.17) is 0 Å². The predicted octanol–water partition coefficient (Wildman–Crippen LogP) is 5.53. The molecule has 1 saturated carbocycles. The first-order chi connectivity index (χ1) is 15.9. The first-order valence-corrected chi connectivity index (χ1v) is 11.0. The van der Waals surface area contributed by atoms with Crippen molar-refractivity contribution in [2.24, 2.45) is 5.92 Å². The van der Waals surface area contributed by atoms with Gasteiger partial charge in [-0.3, -0.25) is 9.55 Å². The summed E-state index contributed by atoms with van der Waals surface area (Å²) in [5, 5.41) is 8.63. The summed E-state index contributed by atoms with van der Waals surface area (Å²) in [6.45, 7) is 0.848. The molecule has 1 aliphatic heterocycles. The SMILES string of the molecule is C1=C(c2ccncc2)CN(c2cccc(-c3nncn3-c3ccccc3)c2)C(C2CC2)=C1. The second kappa shape index (κ2) is 7.93. The van der Waals surface area contributed by atoms with Crippen molar-refractivity contribution in [3.63, 3.8) is 0 Å². The van der Waals surface area contributed by atoms with Gasteiger partial charge in [-0.05, 0) is 72.4 Å². The second-order valence-electron chi connectivity index (χ2n) is 8.29. The normalized spacial score (nSPS) is 15.9. The number of pyridine rings is 1. The Morgan fingerprint density at radius 3 is 2.41 bits per heavy atom.